The quantitative estimate of drug-likeness (QED) is 0.615. The molecule has 0 heterocycles. The van der Waals surface area contributed by atoms with Crippen LogP contribution in [-0.2, 0) is 23.2 Å². The molecule has 6 nitrogen and oxygen atoms in total. The van der Waals surface area contributed by atoms with Crippen LogP contribution in [0.4, 0.5) is 11.4 Å². The Kier molecular flexibility index (Phi) is 4.46. The van der Waals surface area contributed by atoms with E-state index in [4.69, 9.17) is 16.0 Å². The van der Waals surface area contributed by atoms with Crippen molar-refractivity contribution in [1.82, 2.24) is 0 Å². The van der Waals surface area contributed by atoms with E-state index in [1.54, 1.807) is 12.1 Å². The Morgan fingerprint density at radius 3 is 2.48 bits per heavy atom. The zero-order chi connectivity index (χ0) is 15.5. The van der Waals surface area contributed by atoms with Crippen molar-refractivity contribution in [3.05, 3.63) is 53.6 Å². The lowest BCUT2D eigenvalue weighted by Crippen LogP contribution is -2.15. The lowest BCUT2D eigenvalue weighted by Gasteiger charge is -2.12. The Morgan fingerprint density at radius 1 is 1.10 bits per heavy atom. The monoisotopic (exact) mass is 307 g/mol. The number of benzene rings is 2. The van der Waals surface area contributed by atoms with Gasteiger partial charge in [-0.05, 0) is 29.3 Å². The molecule has 21 heavy (non-hydrogen) atoms. The molecule has 2 aromatic rings. The van der Waals surface area contributed by atoms with Crippen molar-refractivity contribution in [3.8, 4) is 0 Å². The minimum Gasteiger partial charge on any atom is -0.399 e. The van der Waals surface area contributed by atoms with Crippen LogP contribution in [0.1, 0.15) is 11.1 Å². The van der Waals surface area contributed by atoms with E-state index in [2.05, 4.69) is 5.32 Å². The number of rotatable bonds is 5. The summed E-state index contributed by atoms with van der Waals surface area (Å²) in [6.07, 6.45) is 0. The topological polar surface area (TPSA) is 118 Å². The van der Waals surface area contributed by atoms with Gasteiger partial charge in [-0.2, -0.15) is 0 Å². The van der Waals surface area contributed by atoms with E-state index in [-0.39, 0.29) is 11.5 Å². The van der Waals surface area contributed by atoms with Gasteiger partial charge < -0.3 is 16.2 Å². The molecule has 0 atom stereocenters. The average molecular weight is 307 g/mol. The number of anilines is 2. The number of nitrogen functional groups attached to an aromatic ring is 1. The highest BCUT2D eigenvalue weighted by Crippen LogP contribution is 2.23. The van der Waals surface area contributed by atoms with Crippen LogP contribution in [-0.4, -0.2) is 13.5 Å². The maximum absolute atomic E-state index is 11.6. The normalized spacial score (nSPS) is 11.3. The molecule has 0 unspecified atom stereocenters. The molecule has 2 aromatic carbocycles. The Bertz CT molecular complexity index is 745. The molecule has 0 aliphatic heterocycles. The van der Waals surface area contributed by atoms with Crippen LogP contribution in [0.3, 0.4) is 0 Å². The minimum absolute atomic E-state index is 0.0409. The van der Waals surface area contributed by atoms with Gasteiger partial charge in [-0.25, -0.2) is 13.6 Å². The number of aliphatic hydroxyl groups excluding tert-OH is 1. The van der Waals surface area contributed by atoms with Gasteiger partial charge in [0.05, 0.1) is 12.3 Å². The van der Waals surface area contributed by atoms with Crippen molar-refractivity contribution in [2.45, 2.75) is 18.0 Å². The molecule has 0 fully saturated rings. The van der Waals surface area contributed by atoms with Crippen LogP contribution >= 0.6 is 0 Å². The van der Waals surface area contributed by atoms with E-state index < -0.39 is 10.0 Å². The summed E-state index contributed by atoms with van der Waals surface area (Å²) in [5.41, 5.74) is 8.02. The van der Waals surface area contributed by atoms with Gasteiger partial charge in [0.15, 0.2) is 0 Å². The summed E-state index contributed by atoms with van der Waals surface area (Å²) in [5.74, 6) is 0. The molecule has 112 valence electrons. The fourth-order valence-corrected chi connectivity index (χ4v) is 2.70. The van der Waals surface area contributed by atoms with Crippen molar-refractivity contribution in [1.29, 1.82) is 0 Å². The van der Waals surface area contributed by atoms with E-state index in [1.165, 1.54) is 6.07 Å². The fraction of sp³-hybridized carbons (Fsp3) is 0.143. The number of aliphatic hydroxyl groups is 1. The van der Waals surface area contributed by atoms with Gasteiger partial charge in [0.25, 0.3) is 0 Å². The van der Waals surface area contributed by atoms with Gasteiger partial charge in [-0.1, -0.05) is 24.3 Å². The van der Waals surface area contributed by atoms with E-state index in [1.807, 2.05) is 24.3 Å². The first kappa shape index (κ1) is 15.3. The first-order chi connectivity index (χ1) is 9.90. The number of nitrogens with two attached hydrogens (primary N) is 2. The largest absolute Gasteiger partial charge is 0.399 e. The van der Waals surface area contributed by atoms with Crippen LogP contribution in [0.25, 0.3) is 0 Å². The van der Waals surface area contributed by atoms with Gasteiger partial charge >= 0.3 is 0 Å². The fourth-order valence-electron chi connectivity index (χ4n) is 1.96. The highest BCUT2D eigenvalue weighted by atomic mass is 32.2. The molecule has 0 radical (unpaired) electrons. The SMILES string of the molecule is Nc1ccc(NCc2cccc(CO)c2)c(S(N)(=O)=O)c1. The second kappa shape index (κ2) is 6.13. The molecular formula is C14H17N3O3S. The molecule has 0 saturated heterocycles. The minimum atomic E-state index is -3.86. The maximum atomic E-state index is 11.6. The second-order valence-corrected chi connectivity index (χ2v) is 6.16. The van der Waals surface area contributed by atoms with E-state index in [9.17, 15) is 8.42 Å². The summed E-state index contributed by atoms with van der Waals surface area (Å²) >= 11 is 0. The highest BCUT2D eigenvalue weighted by Gasteiger charge is 2.14. The summed E-state index contributed by atoms with van der Waals surface area (Å²) < 4.78 is 23.1. The molecule has 0 amide bonds. The third-order valence-electron chi connectivity index (χ3n) is 2.97. The number of primary sulfonamides is 1. The zero-order valence-corrected chi connectivity index (χ0v) is 12.1. The standard InChI is InChI=1S/C14H17N3O3S/c15-12-4-5-13(14(7-12)21(16,19)20)17-8-10-2-1-3-11(6-10)9-18/h1-7,17-18H,8-9,15H2,(H2,16,19,20). The zero-order valence-electron chi connectivity index (χ0n) is 11.3. The first-order valence-corrected chi connectivity index (χ1v) is 7.79. The first-order valence-electron chi connectivity index (χ1n) is 6.25. The van der Waals surface area contributed by atoms with Crippen LogP contribution in [0.15, 0.2) is 47.4 Å². The molecule has 0 spiro atoms. The molecular weight excluding hydrogens is 290 g/mol. The molecule has 2 rings (SSSR count). The lowest BCUT2D eigenvalue weighted by atomic mass is 10.1. The molecule has 6 N–H and O–H groups in total. The van der Waals surface area contributed by atoms with Gasteiger partial charge in [0, 0.05) is 12.2 Å². The summed E-state index contributed by atoms with van der Waals surface area (Å²) in [5, 5.41) is 17.3. The van der Waals surface area contributed by atoms with E-state index >= 15 is 0 Å². The molecule has 0 saturated carbocycles. The number of nitrogens with one attached hydrogen (secondary N) is 1. The van der Waals surface area contributed by atoms with Crippen molar-refractivity contribution in [2.24, 2.45) is 5.14 Å². The van der Waals surface area contributed by atoms with E-state index in [0.29, 0.717) is 17.9 Å². The van der Waals surface area contributed by atoms with Crippen molar-refractivity contribution in [3.63, 3.8) is 0 Å². The molecule has 0 bridgehead atoms. The number of hydrogen-bond donors (Lipinski definition) is 4. The Morgan fingerprint density at radius 2 is 1.81 bits per heavy atom. The molecule has 0 aliphatic rings. The lowest BCUT2D eigenvalue weighted by molar-refractivity contribution is 0.281. The van der Waals surface area contributed by atoms with Crippen molar-refractivity contribution in [2.75, 3.05) is 11.1 Å². The van der Waals surface area contributed by atoms with Crippen LogP contribution in [0.2, 0.25) is 0 Å². The van der Waals surface area contributed by atoms with Gasteiger partial charge in [-0.3, -0.25) is 0 Å². The third kappa shape index (κ3) is 3.94. The predicted octanol–water partition coefficient (Wildman–Crippen LogP) is 1.02. The smallest absolute Gasteiger partial charge is 0.240 e. The second-order valence-electron chi connectivity index (χ2n) is 4.63. The Hall–Kier alpha value is -2.09. The summed E-state index contributed by atoms with van der Waals surface area (Å²) in [4.78, 5) is -0.0409. The van der Waals surface area contributed by atoms with Crippen molar-refractivity contribution < 1.29 is 13.5 Å². The van der Waals surface area contributed by atoms with Gasteiger partial charge in [0.2, 0.25) is 10.0 Å². The summed E-state index contributed by atoms with van der Waals surface area (Å²) in [7, 11) is -3.86. The molecule has 0 aliphatic carbocycles. The van der Waals surface area contributed by atoms with Crippen molar-refractivity contribution >= 4 is 21.4 Å². The maximum Gasteiger partial charge on any atom is 0.240 e. The van der Waals surface area contributed by atoms with Gasteiger partial charge in [-0.15, -0.1) is 0 Å². The van der Waals surface area contributed by atoms with Crippen LogP contribution < -0.4 is 16.2 Å². The van der Waals surface area contributed by atoms with Crippen LogP contribution in [0, 0.1) is 0 Å². The summed E-state index contributed by atoms with van der Waals surface area (Å²) in [6.45, 7) is 0.360. The van der Waals surface area contributed by atoms with Gasteiger partial charge in [0.1, 0.15) is 4.90 Å². The molecule has 7 heteroatoms. The Balaban J connectivity index is 2.24. The number of hydrogen-bond acceptors (Lipinski definition) is 5. The third-order valence-corrected chi connectivity index (χ3v) is 3.92. The summed E-state index contributed by atoms with van der Waals surface area (Å²) in [6, 6.07) is 11.8. The van der Waals surface area contributed by atoms with Crippen LogP contribution in [0.5, 0.6) is 0 Å². The Labute approximate surface area is 123 Å². The number of sulfonamides is 1. The molecule has 0 aromatic heterocycles. The average Bonchev–Trinajstić information content (AvgIpc) is 2.45. The highest BCUT2D eigenvalue weighted by molar-refractivity contribution is 7.89. The predicted molar refractivity (Wildman–Crippen MR) is 81.9 cm³/mol. The van der Waals surface area contributed by atoms with E-state index in [0.717, 1.165) is 11.1 Å².